The predicted molar refractivity (Wildman–Crippen MR) is 78.4 cm³/mol. The second-order valence-electron chi connectivity index (χ2n) is 6.28. The lowest BCUT2D eigenvalue weighted by Crippen LogP contribution is -2.50. The number of aromatic nitrogens is 2. The molecule has 2 rings (SSSR count). The van der Waals surface area contributed by atoms with Crippen molar-refractivity contribution in [2.24, 2.45) is 5.73 Å². The minimum atomic E-state index is -0.519. The van der Waals surface area contributed by atoms with E-state index in [9.17, 15) is 0 Å². The molecular weight excluding hydrogens is 254 g/mol. The monoisotopic (exact) mass is 281 g/mol. The van der Waals surface area contributed by atoms with Crippen molar-refractivity contribution in [1.29, 1.82) is 0 Å². The molecule has 6 nitrogen and oxygen atoms in total. The minimum Gasteiger partial charge on any atom is -0.337 e. The third-order valence-electron chi connectivity index (χ3n) is 4.12. The molecule has 1 fully saturated rings. The van der Waals surface area contributed by atoms with Crippen molar-refractivity contribution in [3.8, 4) is 0 Å². The first-order chi connectivity index (χ1) is 9.42. The summed E-state index contributed by atoms with van der Waals surface area (Å²) in [6.45, 7) is 7.29. The Morgan fingerprint density at radius 3 is 2.85 bits per heavy atom. The van der Waals surface area contributed by atoms with Crippen LogP contribution in [0.2, 0.25) is 0 Å². The molecule has 2 unspecified atom stereocenters. The summed E-state index contributed by atoms with van der Waals surface area (Å²) in [5.41, 5.74) is 5.71. The Morgan fingerprint density at radius 2 is 2.15 bits per heavy atom. The van der Waals surface area contributed by atoms with E-state index in [4.69, 9.17) is 10.3 Å². The summed E-state index contributed by atoms with van der Waals surface area (Å²) in [5.74, 6) is 1.32. The van der Waals surface area contributed by atoms with Gasteiger partial charge >= 0.3 is 0 Å². The Balaban J connectivity index is 2.02. The van der Waals surface area contributed by atoms with E-state index in [1.165, 1.54) is 0 Å². The Morgan fingerprint density at radius 1 is 1.40 bits per heavy atom. The molecular formula is C14H27N5O. The van der Waals surface area contributed by atoms with Crippen LogP contribution in [0.5, 0.6) is 0 Å². The van der Waals surface area contributed by atoms with E-state index in [2.05, 4.69) is 41.0 Å². The van der Waals surface area contributed by atoms with Crippen LogP contribution in [-0.4, -0.2) is 59.7 Å². The number of hydrogen-bond acceptors (Lipinski definition) is 6. The maximum Gasteiger partial charge on any atom is 0.246 e. The molecule has 2 heterocycles. The van der Waals surface area contributed by atoms with Crippen molar-refractivity contribution in [3.63, 3.8) is 0 Å². The first kappa shape index (κ1) is 15.4. The average molecular weight is 281 g/mol. The number of piperazine rings is 1. The van der Waals surface area contributed by atoms with Crippen molar-refractivity contribution in [3.05, 3.63) is 11.7 Å². The van der Waals surface area contributed by atoms with Gasteiger partial charge in [0.15, 0.2) is 5.82 Å². The molecule has 1 saturated heterocycles. The van der Waals surface area contributed by atoms with Crippen LogP contribution in [0.1, 0.15) is 38.4 Å². The minimum absolute atomic E-state index is 0.439. The SMILES string of the molecule is CCCC(C)(N)c1nc(CC2CN(C)CCN2C)no1. The summed E-state index contributed by atoms with van der Waals surface area (Å²) < 4.78 is 5.37. The highest BCUT2D eigenvalue weighted by atomic mass is 16.5. The molecule has 0 radical (unpaired) electrons. The molecule has 1 aliphatic heterocycles. The Hall–Kier alpha value is -0.980. The second kappa shape index (κ2) is 6.20. The molecule has 1 aromatic heterocycles. The molecule has 0 aliphatic carbocycles. The Labute approximate surface area is 121 Å². The van der Waals surface area contributed by atoms with Crippen LogP contribution in [-0.2, 0) is 12.0 Å². The maximum atomic E-state index is 6.23. The van der Waals surface area contributed by atoms with E-state index in [0.717, 1.165) is 44.7 Å². The van der Waals surface area contributed by atoms with Crippen molar-refractivity contribution in [2.75, 3.05) is 33.7 Å². The molecule has 0 amide bonds. The van der Waals surface area contributed by atoms with Gasteiger partial charge in [0.25, 0.3) is 0 Å². The molecule has 0 aromatic carbocycles. The first-order valence-electron chi connectivity index (χ1n) is 7.43. The Bertz CT molecular complexity index is 431. The van der Waals surface area contributed by atoms with Crippen LogP contribution in [0.25, 0.3) is 0 Å². The van der Waals surface area contributed by atoms with Gasteiger partial charge in [-0.05, 0) is 27.4 Å². The summed E-state index contributed by atoms with van der Waals surface area (Å²) in [5, 5.41) is 4.11. The summed E-state index contributed by atoms with van der Waals surface area (Å²) in [4.78, 5) is 9.21. The fourth-order valence-corrected chi connectivity index (χ4v) is 2.73. The van der Waals surface area contributed by atoms with Gasteiger partial charge in [-0.3, -0.25) is 0 Å². The summed E-state index contributed by atoms with van der Waals surface area (Å²) in [7, 11) is 4.31. The van der Waals surface area contributed by atoms with E-state index in [1.807, 2.05) is 6.92 Å². The number of rotatable bonds is 5. The zero-order valence-corrected chi connectivity index (χ0v) is 13.1. The number of likely N-dealkylation sites (N-methyl/N-ethyl adjacent to an activating group) is 2. The molecule has 6 heteroatoms. The van der Waals surface area contributed by atoms with E-state index in [1.54, 1.807) is 0 Å². The molecule has 1 aliphatic rings. The van der Waals surface area contributed by atoms with Gasteiger partial charge in [-0.15, -0.1) is 0 Å². The fraction of sp³-hybridized carbons (Fsp3) is 0.857. The van der Waals surface area contributed by atoms with Crippen molar-refractivity contribution < 1.29 is 4.52 Å². The lowest BCUT2D eigenvalue weighted by atomic mass is 9.98. The van der Waals surface area contributed by atoms with Crippen LogP contribution in [0, 0.1) is 0 Å². The number of nitrogens with two attached hydrogens (primary N) is 1. The topological polar surface area (TPSA) is 71.4 Å². The average Bonchev–Trinajstić information content (AvgIpc) is 2.83. The molecule has 114 valence electrons. The summed E-state index contributed by atoms with van der Waals surface area (Å²) in [6, 6.07) is 0.439. The van der Waals surface area contributed by atoms with Gasteiger partial charge in [-0.25, -0.2) is 0 Å². The number of hydrogen-bond donors (Lipinski definition) is 1. The highest BCUT2D eigenvalue weighted by Gasteiger charge is 2.29. The first-order valence-corrected chi connectivity index (χ1v) is 7.43. The van der Waals surface area contributed by atoms with Gasteiger partial charge < -0.3 is 20.1 Å². The largest absolute Gasteiger partial charge is 0.337 e. The quantitative estimate of drug-likeness (QED) is 0.862. The summed E-state index contributed by atoms with van der Waals surface area (Å²) in [6.07, 6.45) is 2.66. The molecule has 0 saturated carbocycles. The molecule has 0 bridgehead atoms. The molecule has 2 N–H and O–H groups in total. The lowest BCUT2D eigenvalue weighted by molar-refractivity contribution is 0.113. The normalized spacial score (nSPS) is 24.8. The third-order valence-corrected chi connectivity index (χ3v) is 4.12. The zero-order chi connectivity index (χ0) is 14.8. The highest BCUT2D eigenvalue weighted by Crippen LogP contribution is 2.22. The van der Waals surface area contributed by atoms with Gasteiger partial charge in [0, 0.05) is 32.1 Å². The van der Waals surface area contributed by atoms with E-state index in [-0.39, 0.29) is 0 Å². The third kappa shape index (κ3) is 3.56. The second-order valence-corrected chi connectivity index (χ2v) is 6.28. The maximum absolute atomic E-state index is 6.23. The van der Waals surface area contributed by atoms with E-state index < -0.39 is 5.54 Å². The molecule has 20 heavy (non-hydrogen) atoms. The van der Waals surface area contributed by atoms with Crippen LogP contribution < -0.4 is 5.73 Å². The van der Waals surface area contributed by atoms with Gasteiger partial charge in [0.2, 0.25) is 5.89 Å². The van der Waals surface area contributed by atoms with Crippen LogP contribution in [0.4, 0.5) is 0 Å². The predicted octanol–water partition coefficient (Wildman–Crippen LogP) is 0.832. The van der Waals surface area contributed by atoms with Crippen molar-refractivity contribution >= 4 is 0 Å². The lowest BCUT2D eigenvalue weighted by Gasteiger charge is -2.37. The van der Waals surface area contributed by atoms with Gasteiger partial charge in [0.1, 0.15) is 0 Å². The molecule has 2 atom stereocenters. The van der Waals surface area contributed by atoms with Crippen molar-refractivity contribution in [2.45, 2.75) is 44.7 Å². The van der Waals surface area contributed by atoms with Gasteiger partial charge in [0.05, 0.1) is 5.54 Å². The van der Waals surface area contributed by atoms with Crippen LogP contribution in [0.15, 0.2) is 4.52 Å². The highest BCUT2D eigenvalue weighted by molar-refractivity contribution is 5.01. The van der Waals surface area contributed by atoms with Crippen molar-refractivity contribution in [1.82, 2.24) is 19.9 Å². The molecule has 0 spiro atoms. The smallest absolute Gasteiger partial charge is 0.246 e. The zero-order valence-electron chi connectivity index (χ0n) is 13.1. The van der Waals surface area contributed by atoms with E-state index in [0.29, 0.717) is 11.9 Å². The van der Waals surface area contributed by atoms with Crippen LogP contribution in [0.3, 0.4) is 0 Å². The fourth-order valence-electron chi connectivity index (χ4n) is 2.73. The van der Waals surface area contributed by atoms with Crippen LogP contribution >= 0.6 is 0 Å². The van der Waals surface area contributed by atoms with E-state index >= 15 is 0 Å². The van der Waals surface area contributed by atoms with Gasteiger partial charge in [-0.1, -0.05) is 18.5 Å². The van der Waals surface area contributed by atoms with Gasteiger partial charge in [-0.2, -0.15) is 4.98 Å². The number of nitrogens with zero attached hydrogens (tertiary/aromatic N) is 4. The standard InChI is InChI=1S/C14H27N5O/c1-5-6-14(2,15)13-16-12(17-20-13)9-11-10-18(3)7-8-19(11)4/h11H,5-10,15H2,1-4H3. The summed E-state index contributed by atoms with van der Waals surface area (Å²) >= 11 is 0. The molecule has 1 aromatic rings. The Kier molecular flexibility index (Phi) is 4.78.